The van der Waals surface area contributed by atoms with E-state index in [1.54, 1.807) is 6.07 Å². The number of rotatable bonds is 6. The average molecular weight is 250 g/mol. The average Bonchev–Trinajstić information content (AvgIpc) is 2.28. The maximum Gasteiger partial charge on any atom is 0.115 e. The maximum atomic E-state index is 9.57. The monoisotopic (exact) mass is 250 g/mol. The van der Waals surface area contributed by atoms with Gasteiger partial charge in [-0.15, -0.1) is 0 Å². The van der Waals surface area contributed by atoms with Crippen molar-refractivity contribution < 1.29 is 5.11 Å². The predicted octanol–water partition coefficient (Wildman–Crippen LogP) is 2.73. The first-order chi connectivity index (χ1) is 8.45. The molecule has 3 heteroatoms. The summed E-state index contributed by atoms with van der Waals surface area (Å²) in [6.07, 6.45) is 0. The number of hydrogen-bond acceptors (Lipinski definition) is 3. The van der Waals surface area contributed by atoms with Gasteiger partial charge in [0.2, 0.25) is 0 Å². The standard InChI is InChI=1S/C15H26N2O/c1-6-17(12(2)11-16(4)5)13(3)14-8-7-9-15(18)10-14/h7-10,12-13,18H,6,11H2,1-5H3. The van der Waals surface area contributed by atoms with Crippen LogP contribution in [0.1, 0.15) is 32.4 Å². The van der Waals surface area contributed by atoms with Crippen molar-refractivity contribution in [2.45, 2.75) is 32.9 Å². The molecule has 0 heterocycles. The minimum absolute atomic E-state index is 0.317. The van der Waals surface area contributed by atoms with Gasteiger partial charge < -0.3 is 10.0 Å². The van der Waals surface area contributed by atoms with Crippen LogP contribution in [0, 0.1) is 0 Å². The molecule has 102 valence electrons. The Balaban J connectivity index is 2.81. The Morgan fingerprint density at radius 2 is 1.89 bits per heavy atom. The van der Waals surface area contributed by atoms with E-state index >= 15 is 0 Å². The number of hydrogen-bond donors (Lipinski definition) is 1. The van der Waals surface area contributed by atoms with Crippen molar-refractivity contribution in [3.8, 4) is 5.75 Å². The van der Waals surface area contributed by atoms with Crippen LogP contribution in [-0.4, -0.2) is 48.1 Å². The highest BCUT2D eigenvalue weighted by atomic mass is 16.3. The lowest BCUT2D eigenvalue weighted by molar-refractivity contribution is 0.136. The molecule has 0 aromatic heterocycles. The van der Waals surface area contributed by atoms with Crippen LogP contribution in [0.2, 0.25) is 0 Å². The molecule has 2 unspecified atom stereocenters. The topological polar surface area (TPSA) is 26.7 Å². The van der Waals surface area contributed by atoms with Gasteiger partial charge in [-0.25, -0.2) is 0 Å². The number of phenolic OH excluding ortho intramolecular Hbond substituents is 1. The van der Waals surface area contributed by atoms with Crippen molar-refractivity contribution in [2.75, 3.05) is 27.2 Å². The second-order valence-corrected chi connectivity index (χ2v) is 5.21. The Hall–Kier alpha value is -1.06. The molecule has 0 saturated heterocycles. The van der Waals surface area contributed by atoms with Gasteiger partial charge >= 0.3 is 0 Å². The summed E-state index contributed by atoms with van der Waals surface area (Å²) in [6, 6.07) is 8.37. The molecule has 1 N–H and O–H groups in total. The van der Waals surface area contributed by atoms with Gasteiger partial charge in [-0.2, -0.15) is 0 Å². The van der Waals surface area contributed by atoms with E-state index in [0.29, 0.717) is 17.8 Å². The van der Waals surface area contributed by atoms with E-state index in [1.165, 1.54) is 5.56 Å². The molecule has 0 aliphatic rings. The summed E-state index contributed by atoms with van der Waals surface area (Å²) in [6.45, 7) is 8.68. The first-order valence-corrected chi connectivity index (χ1v) is 6.65. The predicted molar refractivity (Wildman–Crippen MR) is 76.9 cm³/mol. The van der Waals surface area contributed by atoms with Crippen LogP contribution in [0.15, 0.2) is 24.3 Å². The molecule has 0 bridgehead atoms. The Morgan fingerprint density at radius 1 is 1.22 bits per heavy atom. The van der Waals surface area contributed by atoms with Gasteiger partial charge in [0.15, 0.2) is 0 Å². The van der Waals surface area contributed by atoms with Crippen LogP contribution >= 0.6 is 0 Å². The van der Waals surface area contributed by atoms with E-state index in [0.717, 1.165) is 13.1 Å². The second kappa shape index (κ2) is 6.76. The number of likely N-dealkylation sites (N-methyl/N-ethyl adjacent to an activating group) is 2. The van der Waals surface area contributed by atoms with E-state index in [-0.39, 0.29) is 0 Å². The molecule has 1 aromatic carbocycles. The van der Waals surface area contributed by atoms with Gasteiger partial charge in [0.1, 0.15) is 5.75 Å². The molecule has 3 nitrogen and oxygen atoms in total. The Bertz CT molecular complexity index is 365. The fourth-order valence-corrected chi connectivity index (χ4v) is 2.58. The minimum Gasteiger partial charge on any atom is -0.508 e. The number of phenols is 1. The fourth-order valence-electron chi connectivity index (χ4n) is 2.58. The van der Waals surface area contributed by atoms with Crippen molar-refractivity contribution in [3.63, 3.8) is 0 Å². The van der Waals surface area contributed by atoms with Crippen LogP contribution in [-0.2, 0) is 0 Å². The maximum absolute atomic E-state index is 9.57. The van der Waals surface area contributed by atoms with Crippen LogP contribution in [0.5, 0.6) is 5.75 Å². The smallest absolute Gasteiger partial charge is 0.115 e. The lowest BCUT2D eigenvalue weighted by Crippen LogP contribution is -2.41. The molecule has 0 radical (unpaired) electrons. The summed E-state index contributed by atoms with van der Waals surface area (Å²) < 4.78 is 0. The number of benzene rings is 1. The lowest BCUT2D eigenvalue weighted by atomic mass is 10.0. The van der Waals surface area contributed by atoms with Crippen molar-refractivity contribution in [3.05, 3.63) is 29.8 Å². The highest BCUT2D eigenvalue weighted by molar-refractivity contribution is 5.29. The molecule has 18 heavy (non-hydrogen) atoms. The van der Waals surface area contributed by atoms with Crippen molar-refractivity contribution in [1.82, 2.24) is 9.80 Å². The summed E-state index contributed by atoms with van der Waals surface area (Å²) in [4.78, 5) is 4.66. The zero-order valence-electron chi connectivity index (χ0n) is 12.2. The molecule has 0 aliphatic heterocycles. The molecule has 1 aromatic rings. The second-order valence-electron chi connectivity index (χ2n) is 5.21. The van der Waals surface area contributed by atoms with Gasteiger partial charge in [-0.1, -0.05) is 19.1 Å². The van der Waals surface area contributed by atoms with Crippen LogP contribution in [0.4, 0.5) is 0 Å². The van der Waals surface area contributed by atoms with E-state index < -0.39 is 0 Å². The zero-order valence-corrected chi connectivity index (χ0v) is 12.2. The molecular formula is C15H26N2O. The van der Waals surface area contributed by atoms with E-state index in [4.69, 9.17) is 0 Å². The first kappa shape index (κ1) is 15.0. The van der Waals surface area contributed by atoms with Crippen molar-refractivity contribution >= 4 is 0 Å². The highest BCUT2D eigenvalue weighted by Crippen LogP contribution is 2.25. The quantitative estimate of drug-likeness (QED) is 0.841. The number of aromatic hydroxyl groups is 1. The Morgan fingerprint density at radius 3 is 2.39 bits per heavy atom. The molecule has 0 fully saturated rings. The summed E-state index contributed by atoms with van der Waals surface area (Å²) >= 11 is 0. The van der Waals surface area contributed by atoms with Gasteiger partial charge in [-0.3, -0.25) is 4.90 Å². The SMILES string of the molecule is CCN(C(C)CN(C)C)C(C)c1cccc(O)c1. The van der Waals surface area contributed by atoms with Crippen molar-refractivity contribution in [1.29, 1.82) is 0 Å². The fraction of sp³-hybridized carbons (Fsp3) is 0.600. The van der Waals surface area contributed by atoms with Crippen LogP contribution in [0.25, 0.3) is 0 Å². The van der Waals surface area contributed by atoms with Gasteiger partial charge in [0.25, 0.3) is 0 Å². The van der Waals surface area contributed by atoms with Gasteiger partial charge in [-0.05, 0) is 52.2 Å². The lowest BCUT2D eigenvalue weighted by Gasteiger charge is -2.35. The molecule has 0 saturated carbocycles. The molecule has 2 atom stereocenters. The van der Waals surface area contributed by atoms with Gasteiger partial charge in [0.05, 0.1) is 0 Å². The first-order valence-electron chi connectivity index (χ1n) is 6.65. The number of nitrogens with zero attached hydrogens (tertiary/aromatic N) is 2. The van der Waals surface area contributed by atoms with Crippen LogP contribution < -0.4 is 0 Å². The summed E-state index contributed by atoms with van der Waals surface area (Å²) in [5.74, 6) is 0.343. The summed E-state index contributed by atoms with van der Waals surface area (Å²) in [7, 11) is 4.20. The third-order valence-corrected chi connectivity index (χ3v) is 3.41. The van der Waals surface area contributed by atoms with E-state index in [9.17, 15) is 5.11 Å². The molecule has 0 aliphatic carbocycles. The molecule has 1 rings (SSSR count). The normalized spacial score (nSPS) is 15.1. The van der Waals surface area contributed by atoms with Gasteiger partial charge in [0, 0.05) is 18.6 Å². The summed E-state index contributed by atoms with van der Waals surface area (Å²) in [5, 5.41) is 9.57. The molecule has 0 spiro atoms. The van der Waals surface area contributed by atoms with Crippen LogP contribution in [0.3, 0.4) is 0 Å². The third-order valence-electron chi connectivity index (χ3n) is 3.41. The Kier molecular flexibility index (Phi) is 5.63. The third kappa shape index (κ3) is 4.00. The minimum atomic E-state index is 0.317. The van der Waals surface area contributed by atoms with E-state index in [1.807, 2.05) is 12.1 Å². The molecular weight excluding hydrogens is 224 g/mol. The Labute approximate surface area is 111 Å². The highest BCUT2D eigenvalue weighted by Gasteiger charge is 2.20. The largest absolute Gasteiger partial charge is 0.508 e. The summed E-state index contributed by atoms with van der Waals surface area (Å²) in [5.41, 5.74) is 1.17. The zero-order chi connectivity index (χ0) is 13.7. The van der Waals surface area contributed by atoms with E-state index in [2.05, 4.69) is 50.7 Å². The van der Waals surface area contributed by atoms with Crippen molar-refractivity contribution in [2.24, 2.45) is 0 Å². The molecule has 0 amide bonds.